The molecule has 7 nitrogen and oxygen atoms in total. The maximum Gasteiger partial charge on any atom is 0.185 e. The molecule has 1 heterocycles. The van der Waals surface area contributed by atoms with Gasteiger partial charge in [-0.25, -0.2) is 9.97 Å². The van der Waals surface area contributed by atoms with Gasteiger partial charge < -0.3 is 21.5 Å². The molecule has 0 aliphatic carbocycles. The van der Waals surface area contributed by atoms with Crippen LogP contribution in [0.2, 0.25) is 5.02 Å². The van der Waals surface area contributed by atoms with Gasteiger partial charge in [0, 0.05) is 23.5 Å². The Bertz CT molecular complexity index is 1080. The van der Waals surface area contributed by atoms with Crippen molar-refractivity contribution in [1.82, 2.24) is 9.97 Å². The SMILES string of the molecule is COc1ccc2nc(C=Cc3ccc(Cl)cc3)nc(NCCCCCCN=C(N)N)c2c1. The molecule has 0 radical (unpaired) electrons. The van der Waals surface area contributed by atoms with Crippen LogP contribution in [0.5, 0.6) is 5.75 Å². The number of halogens is 1. The number of nitrogens with one attached hydrogen (secondary N) is 1. The molecule has 0 aliphatic heterocycles. The molecule has 5 N–H and O–H groups in total. The quantitative estimate of drug-likeness (QED) is 0.221. The van der Waals surface area contributed by atoms with E-state index in [0.717, 1.165) is 60.3 Å². The van der Waals surface area contributed by atoms with Crippen LogP contribution in [0, 0.1) is 0 Å². The Morgan fingerprint density at radius 3 is 2.56 bits per heavy atom. The van der Waals surface area contributed by atoms with E-state index < -0.39 is 0 Å². The molecule has 0 saturated carbocycles. The highest BCUT2D eigenvalue weighted by atomic mass is 35.5. The van der Waals surface area contributed by atoms with E-state index in [1.54, 1.807) is 7.11 Å². The number of fused-ring (bicyclic) bond motifs is 1. The Hall–Kier alpha value is -3.32. The van der Waals surface area contributed by atoms with Gasteiger partial charge in [0.15, 0.2) is 11.8 Å². The fourth-order valence-electron chi connectivity index (χ4n) is 3.21. The van der Waals surface area contributed by atoms with Gasteiger partial charge in [-0.1, -0.05) is 42.7 Å². The summed E-state index contributed by atoms with van der Waals surface area (Å²) in [6.45, 7) is 1.49. The number of guanidine groups is 1. The fraction of sp³-hybridized carbons (Fsp3) is 0.292. The van der Waals surface area contributed by atoms with Crippen molar-refractivity contribution >= 4 is 46.4 Å². The summed E-state index contributed by atoms with van der Waals surface area (Å²) in [7, 11) is 1.65. The smallest absolute Gasteiger partial charge is 0.185 e. The van der Waals surface area contributed by atoms with Gasteiger partial charge >= 0.3 is 0 Å². The molecule has 0 spiro atoms. The molecule has 8 heteroatoms. The second kappa shape index (κ2) is 11.9. The average Bonchev–Trinajstić information content (AvgIpc) is 2.79. The molecule has 0 saturated heterocycles. The average molecular weight is 453 g/mol. The molecular formula is C24H29ClN6O. The first-order valence-electron chi connectivity index (χ1n) is 10.6. The first-order chi connectivity index (χ1) is 15.5. The van der Waals surface area contributed by atoms with Crippen LogP contribution in [-0.4, -0.2) is 36.1 Å². The minimum atomic E-state index is 0.152. The topological polar surface area (TPSA) is 111 Å². The van der Waals surface area contributed by atoms with Crippen LogP contribution in [-0.2, 0) is 0 Å². The third-order valence-electron chi connectivity index (χ3n) is 4.89. The van der Waals surface area contributed by atoms with E-state index in [-0.39, 0.29) is 5.96 Å². The van der Waals surface area contributed by atoms with E-state index in [2.05, 4.69) is 15.3 Å². The van der Waals surface area contributed by atoms with Gasteiger partial charge in [0.05, 0.1) is 12.6 Å². The predicted octanol–water partition coefficient (Wildman–Crippen LogP) is 4.71. The Kier molecular flexibility index (Phi) is 8.69. The lowest BCUT2D eigenvalue weighted by Crippen LogP contribution is -2.22. The number of methoxy groups -OCH3 is 1. The first-order valence-corrected chi connectivity index (χ1v) is 11.0. The van der Waals surface area contributed by atoms with Crippen molar-refractivity contribution in [2.45, 2.75) is 25.7 Å². The summed E-state index contributed by atoms with van der Waals surface area (Å²) in [4.78, 5) is 13.4. The van der Waals surface area contributed by atoms with E-state index in [1.807, 2.05) is 54.6 Å². The lowest BCUT2D eigenvalue weighted by atomic mass is 10.2. The van der Waals surface area contributed by atoms with Gasteiger partial charge in [-0.15, -0.1) is 0 Å². The third kappa shape index (κ3) is 7.13. The predicted molar refractivity (Wildman–Crippen MR) is 134 cm³/mol. The van der Waals surface area contributed by atoms with Crippen molar-refractivity contribution in [3.05, 3.63) is 58.9 Å². The molecule has 0 aliphatic rings. The molecule has 3 rings (SSSR count). The number of benzene rings is 2. The van der Waals surface area contributed by atoms with Crippen LogP contribution in [0.15, 0.2) is 47.5 Å². The van der Waals surface area contributed by atoms with Crippen molar-refractivity contribution in [3.8, 4) is 5.75 Å². The summed E-state index contributed by atoms with van der Waals surface area (Å²) in [5.41, 5.74) is 12.6. The summed E-state index contributed by atoms with van der Waals surface area (Å²) >= 11 is 5.97. The zero-order chi connectivity index (χ0) is 22.8. The summed E-state index contributed by atoms with van der Waals surface area (Å²) in [6, 6.07) is 13.4. The van der Waals surface area contributed by atoms with Gasteiger partial charge in [-0.05, 0) is 54.8 Å². The Labute approximate surface area is 193 Å². The van der Waals surface area contributed by atoms with Crippen molar-refractivity contribution in [2.75, 3.05) is 25.5 Å². The van der Waals surface area contributed by atoms with Gasteiger partial charge in [0.25, 0.3) is 0 Å². The van der Waals surface area contributed by atoms with Gasteiger partial charge in [0.2, 0.25) is 0 Å². The van der Waals surface area contributed by atoms with Crippen LogP contribution < -0.4 is 21.5 Å². The third-order valence-corrected chi connectivity index (χ3v) is 5.14. The van der Waals surface area contributed by atoms with E-state index in [9.17, 15) is 0 Å². The van der Waals surface area contributed by atoms with Crippen LogP contribution in [0.3, 0.4) is 0 Å². The summed E-state index contributed by atoms with van der Waals surface area (Å²) in [5.74, 6) is 2.36. The van der Waals surface area contributed by atoms with Gasteiger partial charge in [0.1, 0.15) is 11.6 Å². The molecule has 0 bridgehead atoms. The second-order valence-electron chi connectivity index (χ2n) is 7.35. The number of hydrogen-bond acceptors (Lipinski definition) is 5. The molecule has 0 atom stereocenters. The number of nitrogens with zero attached hydrogens (tertiary/aromatic N) is 3. The summed E-state index contributed by atoms with van der Waals surface area (Å²) < 4.78 is 5.38. The molecule has 0 fully saturated rings. The summed E-state index contributed by atoms with van der Waals surface area (Å²) in [5, 5.41) is 5.11. The molecule has 32 heavy (non-hydrogen) atoms. The molecule has 0 amide bonds. The zero-order valence-electron chi connectivity index (χ0n) is 18.2. The summed E-state index contributed by atoms with van der Waals surface area (Å²) in [6.07, 6.45) is 8.04. The minimum Gasteiger partial charge on any atom is -0.497 e. The monoisotopic (exact) mass is 452 g/mol. The van der Waals surface area contributed by atoms with E-state index in [0.29, 0.717) is 17.4 Å². The van der Waals surface area contributed by atoms with E-state index >= 15 is 0 Å². The maximum atomic E-state index is 5.97. The maximum absolute atomic E-state index is 5.97. The molecule has 0 unspecified atom stereocenters. The molecule has 1 aromatic heterocycles. The van der Waals surface area contributed by atoms with Crippen molar-refractivity contribution in [1.29, 1.82) is 0 Å². The van der Waals surface area contributed by atoms with Crippen molar-refractivity contribution in [3.63, 3.8) is 0 Å². The normalized spacial score (nSPS) is 11.1. The number of hydrogen-bond donors (Lipinski definition) is 3. The Morgan fingerprint density at radius 1 is 1.03 bits per heavy atom. The van der Waals surface area contributed by atoms with Crippen LogP contribution >= 0.6 is 11.6 Å². The lowest BCUT2D eigenvalue weighted by molar-refractivity contribution is 0.415. The van der Waals surface area contributed by atoms with E-state index in [1.165, 1.54) is 0 Å². The number of aromatic nitrogens is 2. The molecule has 168 valence electrons. The molecular weight excluding hydrogens is 424 g/mol. The highest BCUT2D eigenvalue weighted by molar-refractivity contribution is 6.30. The van der Waals surface area contributed by atoms with Crippen LogP contribution in [0.1, 0.15) is 37.1 Å². The zero-order valence-corrected chi connectivity index (χ0v) is 19.0. The highest BCUT2D eigenvalue weighted by Gasteiger charge is 2.08. The Balaban J connectivity index is 1.69. The molecule has 2 aromatic carbocycles. The largest absolute Gasteiger partial charge is 0.497 e. The van der Waals surface area contributed by atoms with Crippen molar-refractivity contribution in [2.24, 2.45) is 16.5 Å². The second-order valence-corrected chi connectivity index (χ2v) is 7.78. The van der Waals surface area contributed by atoms with Crippen LogP contribution in [0.25, 0.3) is 23.1 Å². The Morgan fingerprint density at radius 2 is 1.81 bits per heavy atom. The number of ether oxygens (including phenoxy) is 1. The van der Waals surface area contributed by atoms with Crippen molar-refractivity contribution < 1.29 is 4.74 Å². The number of anilines is 1. The van der Waals surface area contributed by atoms with E-state index in [4.69, 9.17) is 32.8 Å². The minimum absolute atomic E-state index is 0.152. The number of aliphatic imine (C=N–C) groups is 1. The molecule has 3 aromatic rings. The highest BCUT2D eigenvalue weighted by Crippen LogP contribution is 2.26. The number of unbranched alkanes of at least 4 members (excludes halogenated alkanes) is 3. The van der Waals surface area contributed by atoms with Gasteiger partial charge in [-0.3, -0.25) is 4.99 Å². The van der Waals surface area contributed by atoms with Crippen LogP contribution in [0.4, 0.5) is 5.82 Å². The first kappa shape index (κ1) is 23.3. The standard InChI is InChI=1S/C24H29ClN6O/c1-32-19-11-12-21-20(16-19)23(28-14-4-2-3-5-15-29-24(26)27)31-22(30-21)13-8-17-6-9-18(25)10-7-17/h6-13,16H,2-5,14-15H2,1H3,(H4,26,27,29)(H,28,30,31). The van der Waals surface area contributed by atoms with Gasteiger partial charge in [-0.2, -0.15) is 0 Å². The lowest BCUT2D eigenvalue weighted by Gasteiger charge is -2.11. The number of nitrogens with two attached hydrogens (primary N) is 2. The number of rotatable bonds is 11. The fourth-order valence-corrected chi connectivity index (χ4v) is 3.34.